The van der Waals surface area contributed by atoms with Crippen molar-refractivity contribution in [1.82, 2.24) is 9.88 Å². The number of nitrogens with one attached hydrogen (secondary N) is 1. The number of methoxy groups -OCH3 is 1. The Morgan fingerprint density at radius 3 is 2.56 bits per heavy atom. The summed E-state index contributed by atoms with van der Waals surface area (Å²) in [5.41, 5.74) is 0.0971. The van der Waals surface area contributed by atoms with Crippen LogP contribution in [0.25, 0.3) is 0 Å². The molecule has 1 amide bonds. The van der Waals surface area contributed by atoms with Crippen LogP contribution in [0.2, 0.25) is 0 Å². The highest BCUT2D eigenvalue weighted by Gasteiger charge is 2.48. The fourth-order valence-corrected chi connectivity index (χ4v) is 5.13. The fourth-order valence-electron chi connectivity index (χ4n) is 4.45. The molecular formula is C20H25N3O3S. The van der Waals surface area contributed by atoms with Crippen LogP contribution in [0.1, 0.15) is 36.1 Å². The zero-order valence-electron chi connectivity index (χ0n) is 15.6. The minimum absolute atomic E-state index is 0.0314. The van der Waals surface area contributed by atoms with Gasteiger partial charge >= 0.3 is 0 Å². The molecule has 2 unspecified atom stereocenters. The third-order valence-electron chi connectivity index (χ3n) is 5.74. The lowest BCUT2D eigenvalue weighted by molar-refractivity contribution is -0.121. The van der Waals surface area contributed by atoms with Crippen molar-refractivity contribution < 1.29 is 14.6 Å². The smallest absolute Gasteiger partial charge is 0.240 e. The molecule has 0 aliphatic carbocycles. The van der Waals surface area contributed by atoms with E-state index in [4.69, 9.17) is 4.74 Å². The first-order valence-electron chi connectivity index (χ1n) is 9.32. The molecular weight excluding hydrogens is 362 g/mol. The van der Waals surface area contributed by atoms with Crippen LogP contribution in [0, 0.1) is 6.92 Å². The largest absolute Gasteiger partial charge is 0.497 e. The Balaban J connectivity index is 1.42. The number of rotatable bonds is 5. The summed E-state index contributed by atoms with van der Waals surface area (Å²) in [6, 6.07) is 8.13. The Bertz CT molecular complexity index is 806. The van der Waals surface area contributed by atoms with Gasteiger partial charge in [0.05, 0.1) is 19.3 Å². The lowest BCUT2D eigenvalue weighted by Crippen LogP contribution is -2.51. The minimum atomic E-state index is -0.836. The van der Waals surface area contributed by atoms with Gasteiger partial charge in [0.15, 0.2) is 5.13 Å². The highest BCUT2D eigenvalue weighted by atomic mass is 32.1. The Labute approximate surface area is 163 Å². The van der Waals surface area contributed by atoms with E-state index in [0.717, 1.165) is 29.0 Å². The van der Waals surface area contributed by atoms with Crippen molar-refractivity contribution in [2.24, 2.45) is 0 Å². The third-order valence-corrected chi connectivity index (χ3v) is 6.57. The van der Waals surface area contributed by atoms with Crippen LogP contribution in [0.15, 0.2) is 30.5 Å². The second-order valence-corrected chi connectivity index (χ2v) is 8.78. The number of thiazole rings is 1. The first-order chi connectivity index (χ1) is 13.0. The number of benzene rings is 1. The van der Waals surface area contributed by atoms with Gasteiger partial charge in [-0.1, -0.05) is 12.1 Å². The van der Waals surface area contributed by atoms with Crippen LogP contribution >= 0.6 is 11.3 Å². The predicted molar refractivity (Wildman–Crippen MR) is 105 cm³/mol. The van der Waals surface area contributed by atoms with E-state index in [2.05, 4.69) is 15.2 Å². The van der Waals surface area contributed by atoms with E-state index in [1.807, 2.05) is 31.2 Å². The molecule has 2 saturated heterocycles. The number of aryl methyl sites for hydroxylation is 1. The number of anilines is 1. The Kier molecular flexibility index (Phi) is 4.92. The molecule has 2 aliphatic rings. The van der Waals surface area contributed by atoms with Crippen LogP contribution in [0.3, 0.4) is 0 Å². The number of fused-ring (bicyclic) bond motifs is 2. The maximum absolute atomic E-state index is 12.4. The van der Waals surface area contributed by atoms with Gasteiger partial charge in [0.2, 0.25) is 5.91 Å². The quantitative estimate of drug-likeness (QED) is 0.825. The second kappa shape index (κ2) is 7.22. The first kappa shape index (κ1) is 18.4. The zero-order chi connectivity index (χ0) is 19.0. The van der Waals surface area contributed by atoms with Gasteiger partial charge in [-0.25, -0.2) is 4.98 Å². The normalized spacial score (nSPS) is 27.5. The molecule has 0 radical (unpaired) electrons. The van der Waals surface area contributed by atoms with E-state index in [-0.39, 0.29) is 18.0 Å². The molecule has 27 heavy (non-hydrogen) atoms. The van der Waals surface area contributed by atoms with Gasteiger partial charge < -0.3 is 15.2 Å². The number of nitrogens with zero attached hydrogens (tertiary/aromatic N) is 2. The monoisotopic (exact) mass is 387 g/mol. The van der Waals surface area contributed by atoms with Crippen molar-refractivity contribution in [2.75, 3.05) is 19.0 Å². The van der Waals surface area contributed by atoms with Crippen molar-refractivity contribution in [3.05, 3.63) is 40.9 Å². The minimum Gasteiger partial charge on any atom is -0.497 e. The summed E-state index contributed by atoms with van der Waals surface area (Å²) in [7, 11) is 1.64. The molecule has 144 valence electrons. The first-order valence-corrected chi connectivity index (χ1v) is 10.1. The number of aromatic nitrogens is 1. The lowest BCUT2D eigenvalue weighted by Gasteiger charge is -2.43. The lowest BCUT2D eigenvalue weighted by atomic mass is 9.80. The summed E-state index contributed by atoms with van der Waals surface area (Å²) in [5.74, 6) is 0.757. The number of carbonyl (C=O) groups excluding carboxylic acids is 1. The number of amides is 1. The molecule has 2 aromatic rings. The standard InChI is InChI=1S/C20H25N3O3S/c1-13-11-21-19(27-13)22-18(24)12-23-15-5-6-16(23)10-20(25,9-15)14-3-7-17(26-2)8-4-14/h3-4,7-8,11,15-16,25H,5-6,9-10,12H2,1-2H3,(H,21,22,24). The van der Waals surface area contributed by atoms with Crippen molar-refractivity contribution in [3.63, 3.8) is 0 Å². The van der Waals surface area contributed by atoms with Gasteiger partial charge in [-0.15, -0.1) is 11.3 Å². The van der Waals surface area contributed by atoms with E-state index in [1.54, 1.807) is 13.3 Å². The highest BCUT2D eigenvalue weighted by Crippen LogP contribution is 2.45. The number of hydrogen-bond donors (Lipinski definition) is 2. The summed E-state index contributed by atoms with van der Waals surface area (Å²) in [4.78, 5) is 20.0. The summed E-state index contributed by atoms with van der Waals surface area (Å²) < 4.78 is 5.22. The molecule has 2 N–H and O–H groups in total. The molecule has 7 heteroatoms. The van der Waals surface area contributed by atoms with Crippen molar-refractivity contribution in [3.8, 4) is 5.75 Å². The average Bonchev–Trinajstić information content (AvgIpc) is 3.15. The molecule has 2 bridgehead atoms. The van der Waals surface area contributed by atoms with Crippen LogP contribution in [-0.2, 0) is 10.4 Å². The molecule has 4 rings (SSSR count). The number of piperidine rings is 1. The van der Waals surface area contributed by atoms with E-state index in [1.165, 1.54) is 11.3 Å². The number of carbonyl (C=O) groups is 1. The fraction of sp³-hybridized carbons (Fsp3) is 0.500. The van der Waals surface area contributed by atoms with E-state index in [9.17, 15) is 9.90 Å². The van der Waals surface area contributed by atoms with Crippen LogP contribution < -0.4 is 10.1 Å². The second-order valence-electron chi connectivity index (χ2n) is 7.55. The highest BCUT2D eigenvalue weighted by molar-refractivity contribution is 7.15. The molecule has 0 spiro atoms. The van der Waals surface area contributed by atoms with E-state index >= 15 is 0 Å². The van der Waals surface area contributed by atoms with E-state index < -0.39 is 5.60 Å². The van der Waals surface area contributed by atoms with Crippen LogP contribution in [-0.4, -0.2) is 46.6 Å². The maximum atomic E-state index is 12.4. The SMILES string of the molecule is COc1ccc(C2(O)CC3CCC(C2)N3CC(=O)Nc2ncc(C)s2)cc1. The van der Waals surface area contributed by atoms with Gasteiger partial charge in [-0.2, -0.15) is 0 Å². The molecule has 1 aromatic carbocycles. The van der Waals surface area contributed by atoms with Gasteiger partial charge in [-0.05, 0) is 50.3 Å². The van der Waals surface area contributed by atoms with Crippen LogP contribution in [0.4, 0.5) is 5.13 Å². The number of ether oxygens (including phenoxy) is 1. The van der Waals surface area contributed by atoms with E-state index in [0.29, 0.717) is 24.5 Å². The van der Waals surface area contributed by atoms with Gasteiger partial charge in [0, 0.05) is 23.2 Å². The molecule has 1 aromatic heterocycles. The molecule has 2 atom stereocenters. The molecule has 0 saturated carbocycles. The molecule has 3 heterocycles. The third kappa shape index (κ3) is 3.72. The topological polar surface area (TPSA) is 74.7 Å². The molecule has 2 fully saturated rings. The molecule has 6 nitrogen and oxygen atoms in total. The maximum Gasteiger partial charge on any atom is 0.240 e. The summed E-state index contributed by atoms with van der Waals surface area (Å²) in [6.07, 6.45) is 5.11. The van der Waals surface area contributed by atoms with Crippen molar-refractivity contribution >= 4 is 22.4 Å². The summed E-state index contributed by atoms with van der Waals surface area (Å²) >= 11 is 1.48. The Hall–Kier alpha value is -1.96. The predicted octanol–water partition coefficient (Wildman–Crippen LogP) is 2.91. The number of aliphatic hydroxyl groups is 1. The zero-order valence-corrected chi connectivity index (χ0v) is 16.5. The Morgan fingerprint density at radius 2 is 2.00 bits per heavy atom. The van der Waals surface area contributed by atoms with Crippen molar-refractivity contribution in [1.29, 1.82) is 0 Å². The average molecular weight is 388 g/mol. The summed E-state index contributed by atoms with van der Waals surface area (Å²) in [6.45, 7) is 2.32. The Morgan fingerprint density at radius 1 is 1.33 bits per heavy atom. The molecule has 2 aliphatic heterocycles. The van der Waals surface area contributed by atoms with Crippen molar-refractivity contribution in [2.45, 2.75) is 50.3 Å². The van der Waals surface area contributed by atoms with Crippen LogP contribution in [0.5, 0.6) is 5.75 Å². The van der Waals surface area contributed by atoms with Gasteiger partial charge in [0.1, 0.15) is 5.75 Å². The van der Waals surface area contributed by atoms with Gasteiger partial charge in [-0.3, -0.25) is 9.69 Å². The summed E-state index contributed by atoms with van der Waals surface area (Å²) in [5, 5.41) is 14.8. The number of hydrogen-bond acceptors (Lipinski definition) is 6. The van der Waals surface area contributed by atoms with Gasteiger partial charge in [0.25, 0.3) is 0 Å².